The summed E-state index contributed by atoms with van der Waals surface area (Å²) < 4.78 is 57.7. The van der Waals surface area contributed by atoms with Crippen LogP contribution in [0.3, 0.4) is 0 Å². The highest BCUT2D eigenvalue weighted by Gasteiger charge is 2.25. The number of hydrogen-bond acceptors (Lipinski definition) is 10. The molecule has 0 saturated carbocycles. The van der Waals surface area contributed by atoms with E-state index in [1.165, 1.54) is 83.5 Å². The van der Waals surface area contributed by atoms with Crippen molar-refractivity contribution < 1.29 is 51.4 Å². The number of rotatable bonds is 39. The van der Waals surface area contributed by atoms with Crippen molar-refractivity contribution in [2.45, 2.75) is 129 Å². The van der Waals surface area contributed by atoms with Gasteiger partial charge in [0.1, 0.15) is 38.6 Å². The molecule has 0 radical (unpaired) electrons. The zero-order valence-corrected chi connectivity index (χ0v) is 37.4. The Morgan fingerprint density at radius 3 is 1.93 bits per heavy atom. The molecule has 13 heteroatoms. The van der Waals surface area contributed by atoms with Crippen molar-refractivity contribution in [2.75, 3.05) is 94.7 Å². The van der Waals surface area contributed by atoms with Crippen LogP contribution in [0, 0.1) is 0 Å². The molecule has 0 aliphatic carbocycles. The number of nitrogens with zero attached hydrogens (tertiary/aromatic N) is 1. The molecule has 2 N–H and O–H groups in total. The van der Waals surface area contributed by atoms with E-state index < -0.39 is 13.9 Å². The highest BCUT2D eigenvalue weighted by Crippen LogP contribution is 2.43. The van der Waals surface area contributed by atoms with Crippen molar-refractivity contribution in [2.24, 2.45) is 0 Å². The predicted octanol–water partition coefficient (Wildman–Crippen LogP) is 9.92. The minimum absolute atomic E-state index is 0.0170. The maximum absolute atomic E-state index is 12.5. The lowest BCUT2D eigenvalue weighted by atomic mass is 10.0. The first-order chi connectivity index (χ1) is 27.5. The van der Waals surface area contributed by atoms with Crippen LogP contribution in [0.2, 0.25) is 0 Å². The lowest BCUT2D eigenvalue weighted by molar-refractivity contribution is -0.870. The van der Waals surface area contributed by atoms with Crippen LogP contribution < -0.4 is 10.1 Å². The Labute approximate surface area is 345 Å². The first-order valence-electron chi connectivity index (χ1n) is 21.7. The molecule has 3 unspecified atom stereocenters. The number of benzene rings is 2. The summed E-state index contributed by atoms with van der Waals surface area (Å²) in [5, 5.41) is 5.56. The van der Waals surface area contributed by atoms with Crippen LogP contribution in [0.25, 0.3) is 10.8 Å². The van der Waals surface area contributed by atoms with Crippen molar-refractivity contribution in [3.63, 3.8) is 0 Å². The first-order valence-corrected chi connectivity index (χ1v) is 23.2. The van der Waals surface area contributed by atoms with Crippen LogP contribution in [0.4, 0.5) is 0 Å². The van der Waals surface area contributed by atoms with Gasteiger partial charge in [0, 0.05) is 6.61 Å². The average Bonchev–Trinajstić information content (AvgIpc) is 3.18. The summed E-state index contributed by atoms with van der Waals surface area (Å²) in [6, 6.07) is 12.4. The number of quaternary nitrogens is 1. The molecule has 12 nitrogen and oxygen atoms in total. The number of hydrogen-bond donors (Lipinski definition) is 2. The molecule has 2 aromatic carbocycles. The van der Waals surface area contributed by atoms with Crippen LogP contribution in [-0.2, 0) is 37.3 Å². The lowest BCUT2D eigenvalue weighted by Gasteiger charge is -2.24. The fraction of sp³-hybridized carbons (Fsp3) is 0.773. The fourth-order valence-corrected chi connectivity index (χ4v) is 6.88. The fourth-order valence-electron chi connectivity index (χ4n) is 6.14. The average molecular weight is 828 g/mol. The summed E-state index contributed by atoms with van der Waals surface area (Å²) >= 11 is 0. The number of ether oxygens (including phenoxy) is 6. The van der Waals surface area contributed by atoms with Crippen LogP contribution in [0.5, 0.6) is 5.75 Å². The van der Waals surface area contributed by atoms with Gasteiger partial charge in [0.2, 0.25) is 0 Å². The van der Waals surface area contributed by atoms with Crippen LogP contribution >= 0.6 is 7.82 Å². The number of phosphoric ester groups is 1. The first kappa shape index (κ1) is 51.5. The van der Waals surface area contributed by atoms with Crippen molar-refractivity contribution >= 4 is 18.6 Å². The number of likely N-dealkylation sites (N-methyl/N-ethyl adjacent to an activating group) is 1. The van der Waals surface area contributed by atoms with E-state index in [4.69, 9.17) is 37.5 Å². The molecule has 330 valence electrons. The Hall–Kier alpha value is -1.67. The van der Waals surface area contributed by atoms with Gasteiger partial charge in [-0.15, -0.1) is 0 Å². The van der Waals surface area contributed by atoms with E-state index in [1.807, 2.05) is 40.2 Å². The molecule has 0 fully saturated rings. The van der Waals surface area contributed by atoms with E-state index in [9.17, 15) is 9.46 Å². The summed E-state index contributed by atoms with van der Waals surface area (Å²) in [4.78, 5) is 10.2. The maximum atomic E-state index is 12.5. The molecule has 0 aromatic heterocycles. The van der Waals surface area contributed by atoms with E-state index >= 15 is 0 Å². The Kier molecular flexibility index (Phi) is 29.0. The van der Waals surface area contributed by atoms with Crippen molar-refractivity contribution in [1.29, 1.82) is 0 Å². The van der Waals surface area contributed by atoms with Crippen LogP contribution in [-0.4, -0.2) is 110 Å². The van der Waals surface area contributed by atoms with E-state index in [0.717, 1.165) is 41.3 Å². The van der Waals surface area contributed by atoms with Crippen molar-refractivity contribution in [3.8, 4) is 5.75 Å². The number of fused-ring (bicyclic) bond motifs is 1. The third-order valence-electron chi connectivity index (χ3n) is 9.81. The quantitative estimate of drug-likeness (QED) is 0.0290. The lowest BCUT2D eigenvalue weighted by Crippen LogP contribution is -2.37. The normalized spacial score (nSPS) is 14.2. The highest BCUT2D eigenvalue weighted by atomic mass is 31.2. The Morgan fingerprint density at radius 1 is 0.684 bits per heavy atom. The molecule has 0 saturated heterocycles. The molecule has 57 heavy (non-hydrogen) atoms. The molecule has 0 amide bonds. The zero-order valence-electron chi connectivity index (χ0n) is 36.5. The third kappa shape index (κ3) is 27.7. The monoisotopic (exact) mass is 828 g/mol. The third-order valence-corrected chi connectivity index (χ3v) is 10.8. The smallest absolute Gasteiger partial charge is 0.472 e. The minimum Gasteiger partial charge on any atom is -0.497 e. The van der Waals surface area contributed by atoms with Gasteiger partial charge in [-0.1, -0.05) is 115 Å². The SMILES string of the molecule is CCCCCCCCCCCCCCCCCOCOCC(COP(=O)(O)OCC[N+](C)(C)C)OCOCCCNCOC(C)c1ccc2cc(OC)ccc2c1. The molecule has 0 bridgehead atoms. The molecule has 0 aliphatic heterocycles. The summed E-state index contributed by atoms with van der Waals surface area (Å²) in [6.45, 7) is 7.18. The standard InChI is InChI=1S/C44H79N2O10P/c1-7-8-9-10-11-12-13-14-15-16-17-18-19-20-21-29-50-37-52-34-44(35-56-57(47,48)55-31-28-46(3,4)5)54-38-51-30-22-27-45-36-53-39(2)40-23-24-42-33-43(49-6)26-25-41(42)32-40/h23-26,32-33,39,44-45H,7-22,27-31,34-38H2,1-6H3/p+1. The number of methoxy groups -OCH3 is 1. The Balaban J connectivity index is 1.56. The molecule has 0 spiro atoms. The minimum atomic E-state index is -4.26. The number of phosphoric acid groups is 1. The van der Waals surface area contributed by atoms with Gasteiger partial charge in [-0.05, 0) is 60.8 Å². The van der Waals surface area contributed by atoms with Gasteiger partial charge >= 0.3 is 7.82 Å². The summed E-state index contributed by atoms with van der Waals surface area (Å²) in [7, 11) is 3.35. The van der Waals surface area contributed by atoms with E-state index in [2.05, 4.69) is 36.5 Å². The molecule has 2 rings (SSSR count). The molecule has 0 aliphatic rings. The predicted molar refractivity (Wildman–Crippen MR) is 230 cm³/mol. The van der Waals surface area contributed by atoms with E-state index in [0.29, 0.717) is 37.5 Å². The zero-order chi connectivity index (χ0) is 41.5. The molecular formula is C44H80N2O10P+. The van der Waals surface area contributed by atoms with Gasteiger partial charge in [0.15, 0.2) is 0 Å². The van der Waals surface area contributed by atoms with E-state index in [-0.39, 0.29) is 39.5 Å². The van der Waals surface area contributed by atoms with Crippen LogP contribution in [0.1, 0.15) is 128 Å². The van der Waals surface area contributed by atoms with Gasteiger partial charge in [-0.2, -0.15) is 0 Å². The van der Waals surface area contributed by atoms with Crippen LogP contribution in [0.15, 0.2) is 36.4 Å². The Bertz CT molecular complexity index is 1310. The molecule has 3 atom stereocenters. The number of unbranched alkanes of at least 4 members (excludes halogenated alkanes) is 14. The van der Waals surface area contributed by atoms with Crippen molar-refractivity contribution in [1.82, 2.24) is 5.32 Å². The second-order valence-corrected chi connectivity index (χ2v) is 17.5. The number of nitrogens with one attached hydrogen (secondary N) is 1. The summed E-state index contributed by atoms with van der Waals surface area (Å²) in [5.74, 6) is 0.841. The van der Waals surface area contributed by atoms with Gasteiger partial charge in [0.25, 0.3) is 0 Å². The van der Waals surface area contributed by atoms with Gasteiger partial charge in [-0.25, -0.2) is 4.57 Å². The summed E-state index contributed by atoms with van der Waals surface area (Å²) in [5.41, 5.74) is 1.11. The molecule has 0 heterocycles. The summed E-state index contributed by atoms with van der Waals surface area (Å²) in [6.07, 6.45) is 19.9. The molecular weight excluding hydrogens is 747 g/mol. The molecule has 2 aromatic rings. The van der Waals surface area contributed by atoms with Gasteiger partial charge < -0.3 is 37.8 Å². The van der Waals surface area contributed by atoms with E-state index in [1.54, 1.807) is 7.11 Å². The second kappa shape index (κ2) is 32.1. The largest absolute Gasteiger partial charge is 0.497 e. The van der Waals surface area contributed by atoms with Gasteiger partial charge in [-0.3, -0.25) is 14.4 Å². The maximum Gasteiger partial charge on any atom is 0.472 e. The Morgan fingerprint density at radius 2 is 1.28 bits per heavy atom. The second-order valence-electron chi connectivity index (χ2n) is 16.1. The highest BCUT2D eigenvalue weighted by molar-refractivity contribution is 7.47. The van der Waals surface area contributed by atoms with Gasteiger partial charge in [0.05, 0.1) is 60.9 Å². The van der Waals surface area contributed by atoms with Crippen molar-refractivity contribution in [3.05, 3.63) is 42.0 Å². The topological polar surface area (TPSA) is 123 Å².